The first-order chi connectivity index (χ1) is 12.2. The maximum atomic E-state index is 9.35. The van der Waals surface area contributed by atoms with Crippen LogP contribution in [0.2, 0.25) is 0 Å². The second-order valence-electron chi connectivity index (χ2n) is 5.95. The third kappa shape index (κ3) is 3.87. The molecule has 0 aliphatic rings. The highest BCUT2D eigenvalue weighted by Gasteiger charge is 2.18. The van der Waals surface area contributed by atoms with Gasteiger partial charge >= 0.3 is 0 Å². The molecule has 0 amide bonds. The van der Waals surface area contributed by atoms with Gasteiger partial charge in [-0.15, -0.1) is 0 Å². The van der Waals surface area contributed by atoms with Gasteiger partial charge in [-0.3, -0.25) is 0 Å². The second-order valence-corrected chi connectivity index (χ2v) is 5.95. The van der Waals surface area contributed by atoms with Crippen LogP contribution < -0.4 is 5.32 Å². The molecule has 5 heteroatoms. The molecule has 0 bridgehead atoms. The molecule has 3 aromatic rings. The van der Waals surface area contributed by atoms with Crippen molar-refractivity contribution in [2.24, 2.45) is 0 Å². The first kappa shape index (κ1) is 16.7. The van der Waals surface area contributed by atoms with Gasteiger partial charge in [-0.05, 0) is 31.8 Å². The lowest BCUT2D eigenvalue weighted by Crippen LogP contribution is -2.26. The first-order valence-electron chi connectivity index (χ1n) is 8.10. The van der Waals surface area contributed by atoms with Crippen molar-refractivity contribution in [3.05, 3.63) is 71.9 Å². The zero-order chi connectivity index (χ0) is 17.6. The molecule has 0 saturated heterocycles. The SMILES string of the molecule is CN(C)[C@H](CNc1oc(-c2ccccc2)nc1C#N)c1ccccc1. The number of aromatic nitrogens is 1. The molecule has 0 unspecified atom stereocenters. The standard InChI is InChI=1S/C20H20N4O/c1-24(2)18(15-9-5-3-6-10-15)14-22-20-17(13-21)23-19(25-20)16-11-7-4-8-12-16/h3-12,18,22H,14H2,1-2H3/t18-/m1/s1. The predicted molar refractivity (Wildman–Crippen MR) is 98.0 cm³/mol. The Morgan fingerprint density at radius 3 is 2.32 bits per heavy atom. The normalized spacial score (nSPS) is 11.9. The van der Waals surface area contributed by atoms with E-state index in [9.17, 15) is 5.26 Å². The Kier molecular flexibility index (Phi) is 5.12. The number of benzene rings is 2. The maximum absolute atomic E-state index is 9.35. The number of oxazole rings is 1. The summed E-state index contributed by atoms with van der Waals surface area (Å²) < 4.78 is 5.79. The Morgan fingerprint density at radius 1 is 1.08 bits per heavy atom. The summed E-state index contributed by atoms with van der Waals surface area (Å²) >= 11 is 0. The number of nitrogens with zero attached hydrogens (tertiary/aromatic N) is 3. The molecule has 1 atom stereocenters. The van der Waals surface area contributed by atoms with Crippen molar-refractivity contribution in [3.8, 4) is 17.5 Å². The zero-order valence-corrected chi connectivity index (χ0v) is 14.3. The molecule has 126 valence electrons. The minimum Gasteiger partial charge on any atom is -0.419 e. The smallest absolute Gasteiger partial charge is 0.232 e. The Balaban J connectivity index is 1.80. The lowest BCUT2D eigenvalue weighted by molar-refractivity contribution is 0.310. The molecule has 2 aromatic carbocycles. The molecule has 1 N–H and O–H groups in total. The summed E-state index contributed by atoms with van der Waals surface area (Å²) in [5, 5.41) is 12.6. The summed E-state index contributed by atoms with van der Waals surface area (Å²) in [6, 6.07) is 22.0. The zero-order valence-electron chi connectivity index (χ0n) is 14.3. The van der Waals surface area contributed by atoms with E-state index in [1.165, 1.54) is 5.56 Å². The van der Waals surface area contributed by atoms with Gasteiger partial charge in [0, 0.05) is 12.1 Å². The van der Waals surface area contributed by atoms with Crippen LogP contribution in [0.15, 0.2) is 65.1 Å². The number of hydrogen-bond acceptors (Lipinski definition) is 5. The van der Waals surface area contributed by atoms with Gasteiger partial charge in [0.2, 0.25) is 17.5 Å². The van der Waals surface area contributed by atoms with Crippen LogP contribution in [0.25, 0.3) is 11.5 Å². The number of anilines is 1. The van der Waals surface area contributed by atoms with Gasteiger partial charge in [-0.2, -0.15) is 10.2 Å². The summed E-state index contributed by atoms with van der Waals surface area (Å²) in [5.74, 6) is 0.852. The highest BCUT2D eigenvalue weighted by Crippen LogP contribution is 2.26. The van der Waals surface area contributed by atoms with Gasteiger partial charge in [0.15, 0.2) is 0 Å². The Labute approximate surface area is 147 Å². The van der Waals surface area contributed by atoms with Gasteiger partial charge < -0.3 is 14.6 Å². The molecule has 0 radical (unpaired) electrons. The van der Waals surface area contributed by atoms with Crippen LogP contribution in [0, 0.1) is 11.3 Å². The van der Waals surface area contributed by atoms with Crippen LogP contribution in [-0.2, 0) is 0 Å². The molecule has 5 nitrogen and oxygen atoms in total. The molecular weight excluding hydrogens is 312 g/mol. The van der Waals surface area contributed by atoms with E-state index >= 15 is 0 Å². The van der Waals surface area contributed by atoms with E-state index in [1.54, 1.807) is 0 Å². The van der Waals surface area contributed by atoms with E-state index < -0.39 is 0 Å². The lowest BCUT2D eigenvalue weighted by Gasteiger charge is -2.24. The van der Waals surface area contributed by atoms with Gasteiger partial charge in [0.05, 0.1) is 6.04 Å². The van der Waals surface area contributed by atoms with Crippen molar-refractivity contribution in [2.75, 3.05) is 26.0 Å². The lowest BCUT2D eigenvalue weighted by atomic mass is 10.1. The number of nitriles is 1. The fraction of sp³-hybridized carbons (Fsp3) is 0.200. The van der Waals surface area contributed by atoms with Crippen molar-refractivity contribution in [2.45, 2.75) is 6.04 Å². The second kappa shape index (κ2) is 7.65. The van der Waals surface area contributed by atoms with Gasteiger partial charge in [-0.25, -0.2) is 0 Å². The van der Waals surface area contributed by atoms with E-state index in [4.69, 9.17) is 4.42 Å². The third-order valence-corrected chi connectivity index (χ3v) is 4.02. The highest BCUT2D eigenvalue weighted by molar-refractivity contribution is 5.58. The van der Waals surface area contributed by atoms with E-state index in [1.807, 2.05) is 62.6 Å². The van der Waals surface area contributed by atoms with Crippen LogP contribution >= 0.6 is 0 Å². The van der Waals surface area contributed by atoms with E-state index in [2.05, 4.69) is 33.4 Å². The average Bonchev–Trinajstić information content (AvgIpc) is 3.06. The first-order valence-corrected chi connectivity index (χ1v) is 8.10. The molecule has 0 spiro atoms. The monoisotopic (exact) mass is 332 g/mol. The highest BCUT2D eigenvalue weighted by atomic mass is 16.4. The Hall–Kier alpha value is -3.10. The topological polar surface area (TPSA) is 65.1 Å². The maximum Gasteiger partial charge on any atom is 0.232 e. The summed E-state index contributed by atoms with van der Waals surface area (Å²) in [5.41, 5.74) is 2.31. The van der Waals surface area contributed by atoms with E-state index in [0.717, 1.165) is 5.56 Å². The molecule has 3 rings (SSSR count). The summed E-state index contributed by atoms with van der Waals surface area (Å²) in [6.45, 7) is 0.606. The minimum absolute atomic E-state index is 0.151. The molecule has 1 aromatic heterocycles. The van der Waals surface area contributed by atoms with Crippen LogP contribution in [-0.4, -0.2) is 30.5 Å². The van der Waals surface area contributed by atoms with Crippen molar-refractivity contribution < 1.29 is 4.42 Å². The third-order valence-electron chi connectivity index (χ3n) is 4.02. The van der Waals surface area contributed by atoms with E-state index in [0.29, 0.717) is 18.3 Å². The Bertz CT molecular complexity index is 850. The quantitative estimate of drug-likeness (QED) is 0.741. The molecule has 0 aliphatic carbocycles. The van der Waals surface area contributed by atoms with Crippen molar-refractivity contribution in [1.82, 2.24) is 9.88 Å². The Morgan fingerprint density at radius 2 is 1.72 bits per heavy atom. The van der Waals surface area contributed by atoms with Crippen LogP contribution in [0.1, 0.15) is 17.3 Å². The number of rotatable bonds is 6. The van der Waals surface area contributed by atoms with Gasteiger partial charge in [-0.1, -0.05) is 48.5 Å². The minimum atomic E-state index is 0.151. The molecule has 0 fully saturated rings. The molecule has 25 heavy (non-hydrogen) atoms. The van der Waals surface area contributed by atoms with E-state index in [-0.39, 0.29) is 11.7 Å². The number of hydrogen-bond donors (Lipinski definition) is 1. The average molecular weight is 332 g/mol. The number of nitrogens with one attached hydrogen (secondary N) is 1. The fourth-order valence-electron chi connectivity index (χ4n) is 2.68. The predicted octanol–water partition coefficient (Wildman–Crippen LogP) is 3.93. The van der Waals surface area contributed by atoms with Gasteiger partial charge in [0.1, 0.15) is 6.07 Å². The summed E-state index contributed by atoms with van der Waals surface area (Å²) in [7, 11) is 4.06. The molecule has 0 aliphatic heterocycles. The van der Waals surface area contributed by atoms with Crippen LogP contribution in [0.4, 0.5) is 5.88 Å². The van der Waals surface area contributed by atoms with Crippen molar-refractivity contribution >= 4 is 5.88 Å². The van der Waals surface area contributed by atoms with Crippen LogP contribution in [0.5, 0.6) is 0 Å². The molecule has 1 heterocycles. The summed E-state index contributed by atoms with van der Waals surface area (Å²) in [6.07, 6.45) is 0. The van der Waals surface area contributed by atoms with Crippen molar-refractivity contribution in [3.63, 3.8) is 0 Å². The summed E-state index contributed by atoms with van der Waals surface area (Å²) in [4.78, 5) is 6.42. The van der Waals surface area contributed by atoms with Crippen LogP contribution in [0.3, 0.4) is 0 Å². The molecular formula is C20H20N4O. The fourth-order valence-corrected chi connectivity index (χ4v) is 2.68. The molecule has 0 saturated carbocycles. The van der Waals surface area contributed by atoms with Crippen molar-refractivity contribution in [1.29, 1.82) is 5.26 Å². The largest absolute Gasteiger partial charge is 0.419 e. The van der Waals surface area contributed by atoms with Gasteiger partial charge in [0.25, 0.3) is 0 Å². The number of likely N-dealkylation sites (N-methyl/N-ethyl adjacent to an activating group) is 1.